The highest BCUT2D eigenvalue weighted by molar-refractivity contribution is 7.80. The van der Waals surface area contributed by atoms with Gasteiger partial charge in [0, 0.05) is 56.7 Å². The molecular weight excluding hydrogens is 483 g/mol. The zero-order valence-electron chi connectivity index (χ0n) is 20.3. The van der Waals surface area contributed by atoms with Gasteiger partial charge < -0.3 is 15.1 Å². The Bertz CT molecular complexity index is 1050. The van der Waals surface area contributed by atoms with Crippen molar-refractivity contribution in [2.45, 2.75) is 37.9 Å². The molecule has 0 unspecified atom stereocenters. The smallest absolute Gasteiger partial charge is 0.382 e. The van der Waals surface area contributed by atoms with Gasteiger partial charge >= 0.3 is 6.18 Å². The molecule has 0 amide bonds. The predicted molar refractivity (Wildman–Crippen MR) is 141 cm³/mol. The Kier molecular flexibility index (Phi) is 8.70. The van der Waals surface area contributed by atoms with Crippen molar-refractivity contribution in [3.05, 3.63) is 59.7 Å². The standard InChI is InChI=1S/C27H32F3N5S/c28-27(29,30)22-6-8-25(9-7-22)34-17-15-33(16-18-34)12-2-5-26(36)35-13-10-23(11-14-35)32-24-4-1-3-21(19-24)20-31/h1,3-4,6-9,19,23,32H,2,5,10-18H2. The van der Waals surface area contributed by atoms with Crippen molar-refractivity contribution in [2.24, 2.45) is 0 Å². The van der Waals surface area contributed by atoms with Crippen molar-refractivity contribution >= 4 is 28.6 Å². The van der Waals surface area contributed by atoms with E-state index in [0.29, 0.717) is 11.6 Å². The molecule has 0 atom stereocenters. The molecule has 0 bridgehead atoms. The fourth-order valence-corrected chi connectivity index (χ4v) is 5.22. The minimum Gasteiger partial charge on any atom is -0.382 e. The van der Waals surface area contributed by atoms with Gasteiger partial charge in [0.2, 0.25) is 0 Å². The molecule has 0 spiro atoms. The summed E-state index contributed by atoms with van der Waals surface area (Å²) in [5.74, 6) is 0. The quantitative estimate of drug-likeness (QED) is 0.500. The third-order valence-corrected chi connectivity index (χ3v) is 7.47. The van der Waals surface area contributed by atoms with Crippen molar-refractivity contribution in [3.63, 3.8) is 0 Å². The van der Waals surface area contributed by atoms with Crippen molar-refractivity contribution in [1.29, 1.82) is 5.26 Å². The number of nitrogens with zero attached hydrogens (tertiary/aromatic N) is 4. The summed E-state index contributed by atoms with van der Waals surface area (Å²) in [6.07, 6.45) is -0.351. The number of rotatable bonds is 7. The Hall–Kier alpha value is -2.83. The van der Waals surface area contributed by atoms with E-state index in [2.05, 4.69) is 26.1 Å². The molecule has 0 saturated carbocycles. The topological polar surface area (TPSA) is 45.5 Å². The summed E-state index contributed by atoms with van der Waals surface area (Å²) in [4.78, 5) is 7.91. The molecule has 1 N–H and O–H groups in total. The van der Waals surface area contributed by atoms with Gasteiger partial charge in [0.25, 0.3) is 0 Å². The maximum atomic E-state index is 12.8. The van der Waals surface area contributed by atoms with Gasteiger partial charge in [-0.25, -0.2) is 0 Å². The molecule has 2 heterocycles. The number of nitriles is 1. The molecule has 9 heteroatoms. The first-order chi connectivity index (χ1) is 17.3. The zero-order chi connectivity index (χ0) is 25.5. The molecule has 36 heavy (non-hydrogen) atoms. The summed E-state index contributed by atoms with van der Waals surface area (Å²) in [5, 5.41) is 12.6. The van der Waals surface area contributed by atoms with E-state index in [-0.39, 0.29) is 0 Å². The Morgan fingerprint density at radius 1 is 1.00 bits per heavy atom. The lowest BCUT2D eigenvalue weighted by Crippen LogP contribution is -2.47. The van der Waals surface area contributed by atoms with Crippen LogP contribution in [-0.4, -0.2) is 66.6 Å². The second-order valence-corrected chi connectivity index (χ2v) is 9.94. The van der Waals surface area contributed by atoms with E-state index >= 15 is 0 Å². The number of benzene rings is 2. The fraction of sp³-hybridized carbons (Fsp3) is 0.481. The predicted octanol–water partition coefficient (Wildman–Crippen LogP) is 5.38. The van der Waals surface area contributed by atoms with Gasteiger partial charge in [-0.1, -0.05) is 18.3 Å². The van der Waals surface area contributed by atoms with E-state index in [0.717, 1.165) is 100.0 Å². The minimum absolute atomic E-state index is 0.388. The number of piperazine rings is 1. The van der Waals surface area contributed by atoms with Crippen molar-refractivity contribution in [3.8, 4) is 6.07 Å². The van der Waals surface area contributed by atoms with Crippen LogP contribution in [0, 0.1) is 11.3 Å². The average molecular weight is 516 g/mol. The van der Waals surface area contributed by atoms with Gasteiger partial charge in [-0.3, -0.25) is 4.90 Å². The lowest BCUT2D eigenvalue weighted by atomic mass is 10.0. The third kappa shape index (κ3) is 7.11. The second-order valence-electron chi connectivity index (χ2n) is 9.47. The number of hydrogen-bond donors (Lipinski definition) is 1. The van der Waals surface area contributed by atoms with Crippen LogP contribution in [0.2, 0.25) is 0 Å². The lowest BCUT2D eigenvalue weighted by Gasteiger charge is -2.37. The molecular formula is C27H32F3N5S. The van der Waals surface area contributed by atoms with E-state index in [1.54, 1.807) is 12.1 Å². The van der Waals surface area contributed by atoms with E-state index in [1.807, 2.05) is 24.3 Å². The van der Waals surface area contributed by atoms with Gasteiger partial charge in [0.1, 0.15) is 0 Å². The molecule has 2 fully saturated rings. The van der Waals surface area contributed by atoms with Gasteiger partial charge in [-0.05, 0) is 74.7 Å². The molecule has 2 aromatic rings. The molecule has 0 aliphatic carbocycles. The maximum Gasteiger partial charge on any atom is 0.416 e. The Morgan fingerprint density at radius 3 is 2.33 bits per heavy atom. The number of hydrogen-bond acceptors (Lipinski definition) is 5. The minimum atomic E-state index is -4.30. The van der Waals surface area contributed by atoms with Crippen LogP contribution in [0.3, 0.4) is 0 Å². The van der Waals surface area contributed by atoms with Crippen LogP contribution in [0.15, 0.2) is 48.5 Å². The zero-order valence-corrected chi connectivity index (χ0v) is 21.1. The Balaban J connectivity index is 1.12. The highest BCUT2D eigenvalue weighted by Crippen LogP contribution is 2.30. The van der Waals surface area contributed by atoms with Gasteiger partial charge in [-0.15, -0.1) is 0 Å². The van der Waals surface area contributed by atoms with Crippen LogP contribution in [0.4, 0.5) is 24.5 Å². The van der Waals surface area contributed by atoms with Gasteiger partial charge in [-0.2, -0.15) is 18.4 Å². The van der Waals surface area contributed by atoms with E-state index < -0.39 is 11.7 Å². The summed E-state index contributed by atoms with van der Waals surface area (Å²) in [7, 11) is 0. The number of piperidine rings is 1. The molecule has 5 nitrogen and oxygen atoms in total. The first kappa shape index (κ1) is 26.2. The Morgan fingerprint density at radius 2 is 1.69 bits per heavy atom. The van der Waals surface area contributed by atoms with E-state index in [1.165, 1.54) is 0 Å². The summed E-state index contributed by atoms with van der Waals surface area (Å²) < 4.78 is 38.4. The monoisotopic (exact) mass is 515 g/mol. The largest absolute Gasteiger partial charge is 0.416 e. The average Bonchev–Trinajstić information content (AvgIpc) is 2.89. The fourth-order valence-electron chi connectivity index (χ4n) is 4.89. The third-order valence-electron chi connectivity index (χ3n) is 7.01. The Labute approximate surface area is 216 Å². The van der Waals surface area contributed by atoms with E-state index in [9.17, 15) is 13.2 Å². The van der Waals surface area contributed by atoms with Crippen LogP contribution in [-0.2, 0) is 6.18 Å². The summed E-state index contributed by atoms with van der Waals surface area (Å²) in [6, 6.07) is 15.6. The van der Waals surface area contributed by atoms with Crippen LogP contribution in [0.1, 0.15) is 36.8 Å². The van der Waals surface area contributed by atoms with E-state index in [4.69, 9.17) is 17.5 Å². The molecule has 4 rings (SSSR count). The maximum absolute atomic E-state index is 12.8. The molecule has 192 valence electrons. The number of thiocarbonyl (C=S) groups is 1. The van der Waals surface area contributed by atoms with Gasteiger partial charge in [0.15, 0.2) is 0 Å². The summed E-state index contributed by atoms with van der Waals surface area (Å²) in [5.41, 5.74) is 1.90. The van der Waals surface area contributed by atoms with Gasteiger partial charge in [0.05, 0.1) is 22.2 Å². The van der Waals surface area contributed by atoms with Crippen LogP contribution < -0.4 is 10.2 Å². The molecule has 0 aromatic heterocycles. The number of anilines is 2. The van der Waals surface area contributed by atoms with Crippen molar-refractivity contribution < 1.29 is 13.2 Å². The SMILES string of the molecule is N#Cc1cccc(NC2CCN(C(=S)CCCN3CCN(c4ccc(C(F)(F)F)cc4)CC3)CC2)c1. The molecule has 0 radical (unpaired) electrons. The first-order valence-corrected chi connectivity index (χ1v) is 12.9. The van der Waals surface area contributed by atoms with Crippen LogP contribution >= 0.6 is 12.2 Å². The highest BCUT2D eigenvalue weighted by Gasteiger charge is 2.30. The molecule has 2 aromatic carbocycles. The summed E-state index contributed by atoms with van der Waals surface area (Å²) >= 11 is 5.72. The molecule has 2 aliphatic rings. The molecule has 2 aliphatic heterocycles. The number of likely N-dealkylation sites (tertiary alicyclic amines) is 1. The summed E-state index contributed by atoms with van der Waals surface area (Å²) in [6.45, 7) is 6.30. The highest BCUT2D eigenvalue weighted by atomic mass is 32.1. The molecule has 2 saturated heterocycles. The van der Waals surface area contributed by atoms with Crippen molar-refractivity contribution in [2.75, 3.05) is 56.0 Å². The number of nitrogens with one attached hydrogen (secondary N) is 1. The normalized spacial score (nSPS) is 17.6. The van der Waals surface area contributed by atoms with Crippen molar-refractivity contribution in [1.82, 2.24) is 9.80 Å². The van der Waals surface area contributed by atoms with Crippen LogP contribution in [0.25, 0.3) is 0 Å². The first-order valence-electron chi connectivity index (χ1n) is 12.5. The van der Waals surface area contributed by atoms with Crippen LogP contribution in [0.5, 0.6) is 0 Å². The number of halogens is 3. The number of alkyl halides is 3. The second kappa shape index (κ2) is 11.9. The lowest BCUT2D eigenvalue weighted by molar-refractivity contribution is -0.137.